The molecule has 1 rings (SSSR count). The number of carboxylic acid groups (broad SMARTS) is 2. The molecule has 6 N–H and O–H groups in total. The highest BCUT2D eigenvalue weighted by Gasteiger charge is 2.39. The summed E-state index contributed by atoms with van der Waals surface area (Å²) in [5.41, 5.74) is 5.52. The van der Waals surface area contributed by atoms with Crippen LogP contribution < -0.4 is 16.4 Å². The van der Waals surface area contributed by atoms with E-state index in [1.54, 1.807) is 0 Å². The predicted molar refractivity (Wildman–Crippen MR) is 104 cm³/mol. The summed E-state index contributed by atoms with van der Waals surface area (Å²) in [7, 11) is 0. The molecule has 4 atom stereocenters. The lowest BCUT2D eigenvalue weighted by Gasteiger charge is -2.28. The normalized spacial score (nSPS) is 19.4. The topological polar surface area (TPSA) is 179 Å². The molecule has 1 fully saturated rings. The van der Waals surface area contributed by atoms with Gasteiger partial charge in [-0.05, 0) is 12.8 Å². The van der Waals surface area contributed by atoms with Crippen molar-refractivity contribution >= 4 is 54.9 Å². The van der Waals surface area contributed by atoms with Gasteiger partial charge in [0.1, 0.15) is 18.1 Å². The SMILES string of the molecule is NC(CS)C(=O)NC(CS)C(=O)NC(CC(=O)O)C(=O)N1CCCC1C(=O)O. The number of nitrogens with zero attached hydrogens (tertiary/aromatic N) is 1. The van der Waals surface area contributed by atoms with E-state index in [0.717, 1.165) is 4.90 Å². The minimum absolute atomic E-state index is 0.0401. The molecule has 4 unspecified atom stereocenters. The Bertz CT molecular complexity index is 634. The lowest BCUT2D eigenvalue weighted by Crippen LogP contribution is -2.58. The van der Waals surface area contributed by atoms with Crippen molar-refractivity contribution in [2.24, 2.45) is 5.73 Å². The first kappa shape index (κ1) is 24.0. The van der Waals surface area contributed by atoms with Gasteiger partial charge in [0, 0.05) is 18.1 Å². The van der Waals surface area contributed by atoms with E-state index in [0.29, 0.717) is 6.42 Å². The monoisotopic (exact) mass is 436 g/mol. The molecule has 0 aromatic carbocycles. The lowest BCUT2D eigenvalue weighted by atomic mass is 10.1. The van der Waals surface area contributed by atoms with E-state index in [1.807, 2.05) is 0 Å². The zero-order chi connectivity index (χ0) is 21.4. The lowest BCUT2D eigenvalue weighted by molar-refractivity contribution is -0.150. The largest absolute Gasteiger partial charge is 0.481 e. The molecule has 0 aromatic heterocycles. The van der Waals surface area contributed by atoms with E-state index in [9.17, 15) is 29.1 Å². The summed E-state index contributed by atoms with van der Waals surface area (Å²) in [5.74, 6) is -4.95. The van der Waals surface area contributed by atoms with Gasteiger partial charge in [0.15, 0.2) is 0 Å². The third-order valence-corrected chi connectivity index (χ3v) is 4.92. The summed E-state index contributed by atoms with van der Waals surface area (Å²) in [5, 5.41) is 22.9. The number of amides is 3. The van der Waals surface area contributed by atoms with E-state index in [2.05, 4.69) is 35.9 Å². The number of hydrogen-bond donors (Lipinski definition) is 7. The Morgan fingerprint density at radius 3 is 2.14 bits per heavy atom. The van der Waals surface area contributed by atoms with Crippen molar-refractivity contribution in [2.75, 3.05) is 18.1 Å². The van der Waals surface area contributed by atoms with Crippen molar-refractivity contribution in [3.05, 3.63) is 0 Å². The maximum absolute atomic E-state index is 12.7. The van der Waals surface area contributed by atoms with Gasteiger partial charge in [-0.1, -0.05) is 0 Å². The second-order valence-electron chi connectivity index (χ2n) is 6.22. The van der Waals surface area contributed by atoms with Gasteiger partial charge in [0.05, 0.1) is 12.5 Å². The van der Waals surface area contributed by atoms with E-state index < -0.39 is 60.2 Å². The molecule has 0 saturated carbocycles. The molecule has 13 heteroatoms. The molecule has 3 amide bonds. The molecule has 0 aliphatic carbocycles. The quantitative estimate of drug-likeness (QED) is 0.187. The second kappa shape index (κ2) is 11.1. The van der Waals surface area contributed by atoms with Crippen LogP contribution in [0.3, 0.4) is 0 Å². The Morgan fingerprint density at radius 1 is 1.04 bits per heavy atom. The molecule has 11 nitrogen and oxygen atoms in total. The fourth-order valence-electron chi connectivity index (χ4n) is 2.69. The highest BCUT2D eigenvalue weighted by molar-refractivity contribution is 7.80. The first-order chi connectivity index (χ1) is 13.1. The number of carbonyl (C=O) groups excluding carboxylic acids is 3. The van der Waals surface area contributed by atoms with Gasteiger partial charge >= 0.3 is 11.9 Å². The van der Waals surface area contributed by atoms with Crippen LogP contribution in [0, 0.1) is 0 Å². The van der Waals surface area contributed by atoms with Crippen LogP contribution in [-0.2, 0) is 24.0 Å². The number of nitrogens with one attached hydrogen (secondary N) is 2. The summed E-state index contributed by atoms with van der Waals surface area (Å²) in [6.07, 6.45) is -0.0457. The van der Waals surface area contributed by atoms with E-state index in [4.69, 9.17) is 10.8 Å². The van der Waals surface area contributed by atoms with Crippen molar-refractivity contribution < 1.29 is 34.2 Å². The zero-order valence-electron chi connectivity index (χ0n) is 14.9. The second-order valence-corrected chi connectivity index (χ2v) is 6.95. The average molecular weight is 437 g/mol. The molecule has 1 saturated heterocycles. The molecule has 0 bridgehead atoms. The van der Waals surface area contributed by atoms with Crippen LogP contribution in [0.2, 0.25) is 0 Å². The molecular weight excluding hydrogens is 412 g/mol. The summed E-state index contributed by atoms with van der Waals surface area (Å²) >= 11 is 7.86. The van der Waals surface area contributed by atoms with Gasteiger partial charge < -0.3 is 31.5 Å². The third-order valence-electron chi connectivity index (χ3n) is 4.16. The molecule has 0 spiro atoms. The van der Waals surface area contributed by atoms with Crippen LogP contribution in [0.5, 0.6) is 0 Å². The molecule has 1 heterocycles. The molecule has 158 valence electrons. The van der Waals surface area contributed by atoms with Gasteiger partial charge in [-0.2, -0.15) is 25.3 Å². The highest BCUT2D eigenvalue weighted by Crippen LogP contribution is 2.19. The minimum Gasteiger partial charge on any atom is -0.481 e. The van der Waals surface area contributed by atoms with Crippen molar-refractivity contribution in [3.8, 4) is 0 Å². The van der Waals surface area contributed by atoms with Crippen molar-refractivity contribution in [3.63, 3.8) is 0 Å². The van der Waals surface area contributed by atoms with Crippen LogP contribution in [0.1, 0.15) is 19.3 Å². The van der Waals surface area contributed by atoms with Crippen LogP contribution in [0.25, 0.3) is 0 Å². The summed E-state index contributed by atoms with van der Waals surface area (Å²) in [6.45, 7) is 0.144. The Kier molecular flexibility index (Phi) is 9.55. The minimum atomic E-state index is -1.48. The van der Waals surface area contributed by atoms with Crippen LogP contribution in [-0.4, -0.2) is 87.0 Å². The number of hydrogen-bond acceptors (Lipinski definition) is 8. The van der Waals surface area contributed by atoms with Gasteiger partial charge in [-0.25, -0.2) is 4.79 Å². The summed E-state index contributed by atoms with van der Waals surface area (Å²) in [6, 6.07) is -4.69. The maximum atomic E-state index is 12.7. The first-order valence-electron chi connectivity index (χ1n) is 8.45. The fourth-order valence-corrected chi connectivity index (χ4v) is 3.11. The maximum Gasteiger partial charge on any atom is 0.326 e. The molecule has 28 heavy (non-hydrogen) atoms. The summed E-state index contributed by atoms with van der Waals surface area (Å²) in [4.78, 5) is 60.4. The fraction of sp³-hybridized carbons (Fsp3) is 0.667. The number of rotatable bonds is 10. The van der Waals surface area contributed by atoms with Gasteiger partial charge in [0.25, 0.3) is 0 Å². The molecule has 0 radical (unpaired) electrons. The number of likely N-dealkylation sites (tertiary alicyclic amines) is 1. The highest BCUT2D eigenvalue weighted by atomic mass is 32.1. The van der Waals surface area contributed by atoms with Crippen molar-refractivity contribution in [1.82, 2.24) is 15.5 Å². The smallest absolute Gasteiger partial charge is 0.326 e. The first-order valence-corrected chi connectivity index (χ1v) is 9.72. The molecular formula is C15H24N4O7S2. The predicted octanol–water partition coefficient (Wildman–Crippen LogP) is -2.31. The van der Waals surface area contributed by atoms with E-state index in [-0.39, 0.29) is 24.5 Å². The Labute approximate surface area is 172 Å². The van der Waals surface area contributed by atoms with Crippen LogP contribution >= 0.6 is 25.3 Å². The van der Waals surface area contributed by atoms with Gasteiger partial charge in [-0.15, -0.1) is 0 Å². The Morgan fingerprint density at radius 2 is 1.64 bits per heavy atom. The average Bonchev–Trinajstić information content (AvgIpc) is 3.13. The number of thiol groups is 2. The molecule has 0 aromatic rings. The van der Waals surface area contributed by atoms with Gasteiger partial charge in [-0.3, -0.25) is 19.2 Å². The number of aliphatic carboxylic acids is 2. The number of carboxylic acids is 2. The number of nitrogens with two attached hydrogens (primary N) is 1. The Balaban J connectivity index is 2.90. The zero-order valence-corrected chi connectivity index (χ0v) is 16.7. The Hall–Kier alpha value is -1.99. The standard InChI is InChI=1S/C15H24N4O7S2/c16-7(5-27)12(22)18-9(6-28)13(23)17-8(4-11(20)21)14(24)19-3-1-2-10(19)15(25)26/h7-10,27-28H,1-6,16H2,(H,17,23)(H,18,22)(H,20,21)(H,25,26). The van der Waals surface area contributed by atoms with Crippen molar-refractivity contribution in [1.29, 1.82) is 0 Å². The van der Waals surface area contributed by atoms with Crippen LogP contribution in [0.15, 0.2) is 0 Å². The van der Waals surface area contributed by atoms with Gasteiger partial charge in [0.2, 0.25) is 17.7 Å². The third kappa shape index (κ3) is 6.56. The van der Waals surface area contributed by atoms with E-state index >= 15 is 0 Å². The number of carbonyl (C=O) groups is 5. The van der Waals surface area contributed by atoms with Crippen molar-refractivity contribution in [2.45, 2.75) is 43.4 Å². The molecule has 1 aliphatic heterocycles. The molecule has 1 aliphatic rings. The summed E-state index contributed by atoms with van der Waals surface area (Å²) < 4.78 is 0. The van der Waals surface area contributed by atoms with E-state index in [1.165, 1.54) is 0 Å². The van der Waals surface area contributed by atoms with Crippen LogP contribution in [0.4, 0.5) is 0 Å².